The van der Waals surface area contributed by atoms with E-state index in [4.69, 9.17) is 4.74 Å². The molecule has 1 aromatic rings. The highest BCUT2D eigenvalue weighted by atomic mass is 16.5. The summed E-state index contributed by atoms with van der Waals surface area (Å²) in [5.41, 5.74) is 1.47. The Morgan fingerprint density at radius 3 is 2.62 bits per heavy atom. The number of likely N-dealkylation sites (N-methyl/N-ethyl adjacent to an activating group) is 1. The summed E-state index contributed by atoms with van der Waals surface area (Å²) in [6, 6.07) is 7.10. The Morgan fingerprint density at radius 2 is 1.92 bits per heavy atom. The number of carbonyl (C=O) groups excluding carboxylic acids is 2. The van der Waals surface area contributed by atoms with E-state index in [9.17, 15) is 9.59 Å². The summed E-state index contributed by atoms with van der Waals surface area (Å²) in [4.78, 5) is 27.7. The fourth-order valence-electron chi connectivity index (χ4n) is 2.44. The number of rotatable bonds is 6. The number of urea groups is 1. The number of nitrogens with zero attached hydrogens (tertiary/aromatic N) is 2. The van der Waals surface area contributed by atoms with Gasteiger partial charge >= 0.3 is 6.03 Å². The first kappa shape index (κ1) is 18.2. The van der Waals surface area contributed by atoms with Crippen LogP contribution in [-0.4, -0.2) is 75.2 Å². The van der Waals surface area contributed by atoms with Crippen molar-refractivity contribution in [3.63, 3.8) is 0 Å². The molecule has 2 N–H and O–H groups in total. The van der Waals surface area contributed by atoms with Crippen LogP contribution in [0.15, 0.2) is 24.3 Å². The minimum absolute atomic E-state index is 0.00280. The van der Waals surface area contributed by atoms with E-state index >= 15 is 0 Å². The number of ether oxygens (including phenoxy) is 1. The Hall–Kier alpha value is -2.12. The van der Waals surface area contributed by atoms with Crippen molar-refractivity contribution < 1.29 is 14.3 Å². The zero-order valence-corrected chi connectivity index (χ0v) is 14.4. The van der Waals surface area contributed by atoms with Gasteiger partial charge < -0.3 is 20.3 Å². The highest BCUT2D eigenvalue weighted by Crippen LogP contribution is 2.16. The van der Waals surface area contributed by atoms with E-state index in [1.165, 1.54) is 0 Å². The second-order valence-corrected chi connectivity index (χ2v) is 5.96. The zero-order valence-electron chi connectivity index (χ0n) is 14.4. The molecular weight excluding hydrogens is 308 g/mol. The second-order valence-electron chi connectivity index (χ2n) is 5.96. The molecule has 1 aliphatic heterocycles. The van der Waals surface area contributed by atoms with E-state index in [0.717, 1.165) is 38.4 Å². The third-order valence-corrected chi connectivity index (χ3v) is 3.92. The van der Waals surface area contributed by atoms with Crippen LogP contribution in [-0.2, 0) is 16.0 Å². The van der Waals surface area contributed by atoms with Crippen LogP contribution in [0.1, 0.15) is 5.56 Å². The molecule has 24 heavy (non-hydrogen) atoms. The molecule has 1 fully saturated rings. The van der Waals surface area contributed by atoms with Gasteiger partial charge in [0.1, 0.15) is 0 Å². The van der Waals surface area contributed by atoms with Crippen molar-refractivity contribution in [2.24, 2.45) is 0 Å². The number of morpholine rings is 1. The molecule has 7 heteroatoms. The molecule has 0 bridgehead atoms. The van der Waals surface area contributed by atoms with Gasteiger partial charge in [-0.2, -0.15) is 0 Å². The van der Waals surface area contributed by atoms with Crippen LogP contribution < -0.4 is 10.6 Å². The third kappa shape index (κ3) is 5.82. The lowest BCUT2D eigenvalue weighted by Gasteiger charge is -2.26. The van der Waals surface area contributed by atoms with Gasteiger partial charge in [-0.05, 0) is 11.6 Å². The number of carbonyl (C=O) groups is 2. The Balaban J connectivity index is 1.81. The number of nitrogens with one attached hydrogen (secondary N) is 2. The average Bonchev–Trinajstić information content (AvgIpc) is 2.57. The van der Waals surface area contributed by atoms with Crippen LogP contribution in [0.2, 0.25) is 0 Å². The first-order chi connectivity index (χ1) is 11.6. The number of amides is 3. The molecule has 3 amide bonds. The summed E-state index contributed by atoms with van der Waals surface area (Å²) in [5, 5.41) is 5.68. The summed E-state index contributed by atoms with van der Waals surface area (Å²) in [6.07, 6.45) is 0.261. The van der Waals surface area contributed by atoms with Gasteiger partial charge in [0, 0.05) is 46.0 Å². The number of hydrogen-bond donors (Lipinski definition) is 2. The summed E-state index contributed by atoms with van der Waals surface area (Å²) >= 11 is 0. The first-order valence-electron chi connectivity index (χ1n) is 8.19. The number of anilines is 1. The van der Waals surface area contributed by atoms with Crippen molar-refractivity contribution >= 4 is 17.6 Å². The molecule has 0 radical (unpaired) electrons. The van der Waals surface area contributed by atoms with Gasteiger partial charge in [0.15, 0.2) is 0 Å². The molecule has 0 aliphatic carbocycles. The smallest absolute Gasteiger partial charge is 0.319 e. The molecule has 1 saturated heterocycles. The van der Waals surface area contributed by atoms with E-state index in [1.54, 1.807) is 25.1 Å². The third-order valence-electron chi connectivity index (χ3n) is 3.92. The number of benzene rings is 1. The molecule has 1 aromatic carbocycles. The monoisotopic (exact) mass is 334 g/mol. The van der Waals surface area contributed by atoms with Crippen molar-refractivity contribution in [1.29, 1.82) is 0 Å². The largest absolute Gasteiger partial charge is 0.379 e. The Bertz CT molecular complexity index is 557. The normalized spacial score (nSPS) is 14.9. The van der Waals surface area contributed by atoms with E-state index in [0.29, 0.717) is 12.2 Å². The van der Waals surface area contributed by atoms with E-state index < -0.39 is 0 Å². The van der Waals surface area contributed by atoms with Gasteiger partial charge in [0.05, 0.1) is 19.6 Å². The van der Waals surface area contributed by atoms with Crippen LogP contribution >= 0.6 is 0 Å². The molecule has 0 atom stereocenters. The molecular formula is C17H26N4O3. The highest BCUT2D eigenvalue weighted by molar-refractivity contribution is 5.91. The van der Waals surface area contributed by atoms with Crippen molar-refractivity contribution in [3.8, 4) is 0 Å². The van der Waals surface area contributed by atoms with E-state index in [2.05, 4.69) is 15.5 Å². The predicted octanol–water partition coefficient (Wildman–Crippen LogP) is 0.771. The lowest BCUT2D eigenvalue weighted by atomic mass is 10.1. The first-order valence-corrected chi connectivity index (χ1v) is 8.19. The minimum Gasteiger partial charge on any atom is -0.379 e. The van der Waals surface area contributed by atoms with Gasteiger partial charge in [0.2, 0.25) is 5.91 Å². The average molecular weight is 334 g/mol. The molecule has 7 nitrogen and oxygen atoms in total. The Morgan fingerprint density at radius 1 is 1.21 bits per heavy atom. The van der Waals surface area contributed by atoms with Crippen molar-refractivity contribution in [2.75, 3.05) is 58.8 Å². The van der Waals surface area contributed by atoms with Crippen molar-refractivity contribution in [3.05, 3.63) is 29.8 Å². The second kappa shape index (κ2) is 9.24. The van der Waals surface area contributed by atoms with Gasteiger partial charge in [-0.3, -0.25) is 9.69 Å². The summed E-state index contributed by atoms with van der Waals surface area (Å²) in [5.74, 6) is -0.00280. The van der Waals surface area contributed by atoms with Gasteiger partial charge in [0.25, 0.3) is 0 Å². The van der Waals surface area contributed by atoms with Crippen molar-refractivity contribution in [1.82, 2.24) is 15.1 Å². The minimum atomic E-state index is -0.256. The summed E-state index contributed by atoms with van der Waals surface area (Å²) < 4.78 is 5.30. The molecule has 0 saturated carbocycles. The molecule has 2 rings (SSSR count). The maximum absolute atomic E-state index is 12.1. The SMILES string of the molecule is CN(C)C(=O)Cc1ccccc1NC(=O)NCCN1CCOCC1. The van der Waals surface area contributed by atoms with Crippen LogP contribution in [0, 0.1) is 0 Å². The molecule has 1 heterocycles. The molecule has 0 aromatic heterocycles. The Kier molecular flexibility index (Phi) is 7.02. The van der Waals surface area contributed by atoms with Crippen LogP contribution in [0.4, 0.5) is 10.5 Å². The van der Waals surface area contributed by atoms with Gasteiger partial charge in [-0.25, -0.2) is 4.79 Å². The number of hydrogen-bond acceptors (Lipinski definition) is 4. The molecule has 0 unspecified atom stereocenters. The molecule has 132 valence electrons. The van der Waals surface area contributed by atoms with Crippen LogP contribution in [0.3, 0.4) is 0 Å². The summed E-state index contributed by atoms with van der Waals surface area (Å²) in [7, 11) is 3.44. The maximum atomic E-state index is 12.1. The lowest BCUT2D eigenvalue weighted by Crippen LogP contribution is -2.42. The Labute approximate surface area is 142 Å². The zero-order chi connectivity index (χ0) is 17.4. The molecule has 0 spiro atoms. The van der Waals surface area contributed by atoms with Crippen LogP contribution in [0.5, 0.6) is 0 Å². The fourth-order valence-corrected chi connectivity index (χ4v) is 2.44. The van der Waals surface area contributed by atoms with E-state index in [-0.39, 0.29) is 18.4 Å². The van der Waals surface area contributed by atoms with Gasteiger partial charge in [-0.15, -0.1) is 0 Å². The lowest BCUT2D eigenvalue weighted by molar-refractivity contribution is -0.127. The summed E-state index contributed by atoms with van der Waals surface area (Å²) in [6.45, 7) is 4.68. The van der Waals surface area contributed by atoms with Crippen LogP contribution in [0.25, 0.3) is 0 Å². The highest BCUT2D eigenvalue weighted by Gasteiger charge is 2.12. The standard InChI is InChI=1S/C17H26N4O3/c1-20(2)16(22)13-14-5-3-4-6-15(14)19-17(23)18-7-8-21-9-11-24-12-10-21/h3-6H,7-13H2,1-2H3,(H2,18,19,23). The predicted molar refractivity (Wildman–Crippen MR) is 93.1 cm³/mol. The topological polar surface area (TPSA) is 73.9 Å². The fraction of sp³-hybridized carbons (Fsp3) is 0.529. The van der Waals surface area contributed by atoms with E-state index in [1.807, 2.05) is 18.2 Å². The number of para-hydroxylation sites is 1. The maximum Gasteiger partial charge on any atom is 0.319 e. The van der Waals surface area contributed by atoms with Gasteiger partial charge in [-0.1, -0.05) is 18.2 Å². The van der Waals surface area contributed by atoms with Crippen molar-refractivity contribution in [2.45, 2.75) is 6.42 Å². The quantitative estimate of drug-likeness (QED) is 0.806. The molecule has 1 aliphatic rings.